The maximum atomic E-state index is 12.7. The Bertz CT molecular complexity index is 1330. The van der Waals surface area contributed by atoms with E-state index in [9.17, 15) is 20.2 Å². The van der Waals surface area contributed by atoms with Gasteiger partial charge in [0.2, 0.25) is 0 Å². The summed E-state index contributed by atoms with van der Waals surface area (Å²) in [5.74, 6) is 2.13. The topological polar surface area (TPSA) is 149 Å². The minimum atomic E-state index is -0.774. The number of rotatable bonds is 20. The maximum Gasteiger partial charge on any atom is 0.294 e. The summed E-state index contributed by atoms with van der Waals surface area (Å²) in [5, 5.41) is 21.2. The van der Waals surface area contributed by atoms with Gasteiger partial charge in [0.15, 0.2) is 29.6 Å². The third kappa shape index (κ3) is 11.8. The number of benzene rings is 2. The van der Waals surface area contributed by atoms with Gasteiger partial charge < -0.3 is 23.8 Å². The highest BCUT2D eigenvalue weighted by Crippen LogP contribution is 2.35. The predicted molar refractivity (Wildman–Crippen MR) is 176 cm³/mol. The number of carbonyl (C=O) groups excluding carboxylic acids is 1. The summed E-state index contributed by atoms with van der Waals surface area (Å²) in [4.78, 5) is 29.9. The number of nitrogens with one attached hydrogen (secondary N) is 1. The normalized spacial score (nSPS) is 14.9. The molecule has 1 saturated heterocycles. The van der Waals surface area contributed by atoms with Crippen LogP contribution in [-0.4, -0.2) is 82.1 Å². The SMILES string of the molecule is CCCC(C#N)CCC(c1ccc(OCC(=O)NN2CCC(CO[N+](=O)[O-])CC2)c(OC)c1)N(C)CCc1ccc(OC)c(OC)c1. The molecule has 0 saturated carbocycles. The molecule has 1 amide bonds. The van der Waals surface area contributed by atoms with Gasteiger partial charge in [-0.15, -0.1) is 10.1 Å². The van der Waals surface area contributed by atoms with E-state index in [1.165, 1.54) is 0 Å². The molecule has 13 nitrogen and oxygen atoms in total. The Balaban J connectivity index is 1.65. The van der Waals surface area contributed by atoms with Crippen molar-refractivity contribution in [1.29, 1.82) is 5.26 Å². The molecule has 1 fully saturated rings. The fourth-order valence-corrected chi connectivity index (χ4v) is 5.86. The average molecular weight is 656 g/mol. The molecule has 3 rings (SSSR count). The number of amides is 1. The summed E-state index contributed by atoms with van der Waals surface area (Å²) >= 11 is 0. The van der Waals surface area contributed by atoms with Gasteiger partial charge in [-0.05, 0) is 86.9 Å². The van der Waals surface area contributed by atoms with E-state index in [1.807, 2.05) is 36.4 Å². The molecule has 0 aromatic heterocycles. The molecule has 1 aliphatic heterocycles. The van der Waals surface area contributed by atoms with Crippen LogP contribution in [0.2, 0.25) is 0 Å². The second-order valence-electron chi connectivity index (χ2n) is 11.8. The quantitative estimate of drug-likeness (QED) is 0.152. The first kappa shape index (κ1) is 37.2. The summed E-state index contributed by atoms with van der Waals surface area (Å²) in [6.45, 7) is 3.88. The summed E-state index contributed by atoms with van der Waals surface area (Å²) in [7, 11) is 6.91. The fourth-order valence-electron chi connectivity index (χ4n) is 5.86. The number of hydrazine groups is 1. The van der Waals surface area contributed by atoms with Crippen molar-refractivity contribution in [3.8, 4) is 29.1 Å². The molecule has 1 aliphatic rings. The second-order valence-corrected chi connectivity index (χ2v) is 11.8. The van der Waals surface area contributed by atoms with Crippen LogP contribution in [0.5, 0.6) is 23.0 Å². The Labute approximate surface area is 277 Å². The van der Waals surface area contributed by atoms with Crippen LogP contribution in [0.1, 0.15) is 62.6 Å². The number of hydrogen-bond acceptors (Lipinski definition) is 11. The lowest BCUT2D eigenvalue weighted by atomic mass is 9.92. The van der Waals surface area contributed by atoms with Crippen LogP contribution >= 0.6 is 0 Å². The van der Waals surface area contributed by atoms with E-state index in [0.717, 1.165) is 49.8 Å². The lowest BCUT2D eigenvalue weighted by molar-refractivity contribution is -0.759. The number of methoxy groups -OCH3 is 3. The number of likely N-dealkylation sites (N-methyl/N-ethyl adjacent to an activating group) is 1. The van der Waals surface area contributed by atoms with Crippen LogP contribution in [-0.2, 0) is 16.1 Å². The zero-order valence-corrected chi connectivity index (χ0v) is 28.2. The van der Waals surface area contributed by atoms with Crippen molar-refractivity contribution in [3.63, 3.8) is 0 Å². The molecule has 47 heavy (non-hydrogen) atoms. The van der Waals surface area contributed by atoms with Crippen LogP contribution < -0.4 is 24.4 Å². The number of ether oxygens (including phenoxy) is 4. The first-order chi connectivity index (χ1) is 22.7. The van der Waals surface area contributed by atoms with Gasteiger partial charge in [0.05, 0.1) is 34.0 Å². The van der Waals surface area contributed by atoms with Crippen LogP contribution in [0.15, 0.2) is 36.4 Å². The molecular formula is C34H49N5O8. The second kappa shape index (κ2) is 19.4. The third-order valence-electron chi connectivity index (χ3n) is 8.59. The lowest BCUT2D eigenvalue weighted by Crippen LogP contribution is -2.48. The Morgan fingerprint density at radius 2 is 1.72 bits per heavy atom. The van der Waals surface area contributed by atoms with Gasteiger partial charge in [-0.25, -0.2) is 5.01 Å². The molecule has 0 bridgehead atoms. The standard InChI is InChI=1S/C34H49N5O8/c1-6-7-26(22-35)8-11-29(37(2)17-14-25-9-12-30(43-3)32(20-25)44-4)28-10-13-31(33(21-28)45-5)46-24-34(40)36-38-18-15-27(16-19-38)23-47-39(41)42/h9-10,12-13,20-21,26-27,29H,6-8,11,14-19,23-24H2,1-5H3,(H,36,40). The summed E-state index contributed by atoms with van der Waals surface area (Å²) in [6.07, 6.45) is 5.55. The monoisotopic (exact) mass is 655 g/mol. The highest BCUT2D eigenvalue weighted by atomic mass is 16.9. The molecule has 1 heterocycles. The van der Waals surface area contributed by atoms with Crippen LogP contribution in [0.25, 0.3) is 0 Å². The van der Waals surface area contributed by atoms with Crippen molar-refractivity contribution < 1.29 is 33.7 Å². The van der Waals surface area contributed by atoms with Gasteiger partial charge >= 0.3 is 0 Å². The Kier molecular flexibility index (Phi) is 15.3. The molecule has 2 aromatic carbocycles. The van der Waals surface area contributed by atoms with Gasteiger partial charge in [-0.3, -0.25) is 15.1 Å². The minimum absolute atomic E-state index is 0.00932. The molecule has 0 spiro atoms. The lowest BCUT2D eigenvalue weighted by Gasteiger charge is -2.31. The molecule has 2 unspecified atom stereocenters. The molecule has 0 aliphatic carbocycles. The van der Waals surface area contributed by atoms with E-state index in [4.69, 9.17) is 18.9 Å². The number of piperidine rings is 1. The van der Waals surface area contributed by atoms with Gasteiger partial charge in [-0.2, -0.15) is 5.26 Å². The smallest absolute Gasteiger partial charge is 0.294 e. The average Bonchev–Trinajstić information content (AvgIpc) is 3.08. The number of hydrogen-bond donors (Lipinski definition) is 1. The maximum absolute atomic E-state index is 12.7. The van der Waals surface area contributed by atoms with Crippen molar-refractivity contribution in [2.24, 2.45) is 11.8 Å². The van der Waals surface area contributed by atoms with Crippen molar-refractivity contribution in [3.05, 3.63) is 57.6 Å². The van der Waals surface area contributed by atoms with Crippen LogP contribution in [0.4, 0.5) is 0 Å². The van der Waals surface area contributed by atoms with Crippen LogP contribution in [0, 0.1) is 33.3 Å². The largest absolute Gasteiger partial charge is 0.493 e. The third-order valence-corrected chi connectivity index (χ3v) is 8.59. The summed E-state index contributed by atoms with van der Waals surface area (Å²) < 4.78 is 22.4. The summed E-state index contributed by atoms with van der Waals surface area (Å²) in [6, 6.07) is 14.2. The molecule has 0 radical (unpaired) electrons. The van der Waals surface area contributed by atoms with Crippen LogP contribution in [0.3, 0.4) is 0 Å². The van der Waals surface area contributed by atoms with E-state index in [-0.39, 0.29) is 37.0 Å². The molecular weight excluding hydrogens is 606 g/mol. The van der Waals surface area contributed by atoms with Gasteiger partial charge in [0, 0.05) is 31.6 Å². The van der Waals surface area contributed by atoms with E-state index in [2.05, 4.69) is 35.2 Å². The first-order valence-electron chi connectivity index (χ1n) is 16.1. The molecule has 13 heteroatoms. The zero-order valence-electron chi connectivity index (χ0n) is 28.2. The molecule has 258 valence electrons. The van der Waals surface area contributed by atoms with Crippen molar-refractivity contribution in [2.45, 2.75) is 57.9 Å². The summed E-state index contributed by atoms with van der Waals surface area (Å²) in [5.41, 5.74) is 5.01. The van der Waals surface area contributed by atoms with Gasteiger partial charge in [-0.1, -0.05) is 25.5 Å². The van der Waals surface area contributed by atoms with Crippen molar-refractivity contribution in [2.75, 3.05) is 61.2 Å². The number of nitriles is 1. The Morgan fingerprint density at radius 1 is 1.04 bits per heavy atom. The Morgan fingerprint density at radius 3 is 2.36 bits per heavy atom. The molecule has 1 N–H and O–H groups in total. The van der Waals surface area contributed by atoms with E-state index < -0.39 is 5.09 Å². The highest BCUT2D eigenvalue weighted by Gasteiger charge is 2.23. The minimum Gasteiger partial charge on any atom is -0.493 e. The predicted octanol–water partition coefficient (Wildman–Crippen LogP) is 4.98. The first-order valence-corrected chi connectivity index (χ1v) is 16.1. The van der Waals surface area contributed by atoms with E-state index in [0.29, 0.717) is 48.9 Å². The van der Waals surface area contributed by atoms with Crippen molar-refractivity contribution >= 4 is 5.91 Å². The van der Waals surface area contributed by atoms with E-state index in [1.54, 1.807) is 26.3 Å². The van der Waals surface area contributed by atoms with Gasteiger partial charge in [0.25, 0.3) is 11.0 Å². The molecule has 2 atom stereocenters. The number of nitrogens with zero attached hydrogens (tertiary/aromatic N) is 4. The zero-order chi connectivity index (χ0) is 34.2. The van der Waals surface area contributed by atoms with Gasteiger partial charge in [0.1, 0.15) is 0 Å². The number of carbonyl (C=O) groups is 1. The molecule has 2 aromatic rings. The van der Waals surface area contributed by atoms with Crippen molar-refractivity contribution in [1.82, 2.24) is 15.3 Å². The Hall–Kier alpha value is -4.28. The van der Waals surface area contributed by atoms with E-state index >= 15 is 0 Å². The fraction of sp³-hybridized carbons (Fsp3) is 0.588. The highest BCUT2D eigenvalue weighted by molar-refractivity contribution is 5.77.